The molecule has 6 nitrogen and oxygen atoms in total. The van der Waals surface area contributed by atoms with E-state index in [1.165, 1.54) is 0 Å². The van der Waals surface area contributed by atoms with Crippen LogP contribution in [0.25, 0.3) is 0 Å². The first kappa shape index (κ1) is 12.3. The van der Waals surface area contributed by atoms with Gasteiger partial charge < -0.3 is 24.8 Å². The van der Waals surface area contributed by atoms with Gasteiger partial charge in [-0.05, 0) is 0 Å². The van der Waals surface area contributed by atoms with Crippen LogP contribution in [0.15, 0.2) is 0 Å². The molecule has 3 N–H and O–H groups in total. The monoisotopic (exact) mass is 224 g/mol. The third-order valence-corrected chi connectivity index (χ3v) is 2.08. The molecule has 88 valence electrons. The van der Waals surface area contributed by atoms with Gasteiger partial charge in [-0.15, -0.1) is 0 Å². The highest BCUT2D eigenvalue weighted by Crippen LogP contribution is 2.24. The molecule has 0 aromatic rings. The van der Waals surface area contributed by atoms with Crippen molar-refractivity contribution in [2.24, 2.45) is 0 Å². The maximum absolute atomic E-state index is 13.2. The van der Waals surface area contributed by atoms with Crippen LogP contribution in [0.2, 0.25) is 0 Å². The van der Waals surface area contributed by atoms with Crippen molar-refractivity contribution in [2.75, 3.05) is 6.61 Å². The van der Waals surface area contributed by atoms with E-state index < -0.39 is 43.3 Å². The number of halogens is 1. The van der Waals surface area contributed by atoms with E-state index in [9.17, 15) is 19.4 Å². The first-order chi connectivity index (χ1) is 6.97. The number of carbonyl (C=O) groups excluding carboxylic acids is 1. The van der Waals surface area contributed by atoms with Crippen LogP contribution in [-0.2, 0) is 14.3 Å². The summed E-state index contributed by atoms with van der Waals surface area (Å²) in [5.74, 6) is -0.751. The third kappa shape index (κ3) is 2.63. The molecule has 1 rings (SSSR count). The molecule has 15 heavy (non-hydrogen) atoms. The smallest absolute Gasteiger partial charge is 0.305 e. The van der Waals surface area contributed by atoms with E-state index in [-0.39, 0.29) is 0 Å². The van der Waals surface area contributed by atoms with Crippen molar-refractivity contribution in [1.82, 2.24) is 0 Å². The molecule has 1 aliphatic heterocycles. The second-order valence-corrected chi connectivity index (χ2v) is 3.26. The van der Waals surface area contributed by atoms with Gasteiger partial charge in [-0.2, -0.15) is 0 Å². The summed E-state index contributed by atoms with van der Waals surface area (Å²) in [5, 5.41) is 27.2. The van der Waals surface area contributed by atoms with Crippen LogP contribution < -0.4 is 0 Å². The lowest BCUT2D eigenvalue weighted by Gasteiger charge is -2.37. The number of esters is 1. The summed E-state index contributed by atoms with van der Waals surface area (Å²) < 4.78 is 22.5. The molecule has 0 aliphatic carbocycles. The molecule has 0 radical (unpaired) electrons. The Bertz CT molecular complexity index is 233. The predicted molar refractivity (Wildman–Crippen MR) is 44.4 cm³/mol. The van der Waals surface area contributed by atoms with E-state index in [1.54, 1.807) is 0 Å². The molecule has 1 fully saturated rings. The van der Waals surface area contributed by atoms with Crippen LogP contribution in [0.5, 0.6) is 0 Å². The minimum atomic E-state index is -2.03. The molecule has 0 amide bonds. The third-order valence-electron chi connectivity index (χ3n) is 2.08. The highest BCUT2D eigenvalue weighted by molar-refractivity contribution is 5.66. The van der Waals surface area contributed by atoms with Crippen LogP contribution >= 0.6 is 0 Å². The number of carbonyl (C=O) groups is 1. The number of rotatable bonds is 2. The Balaban J connectivity index is 2.69. The molecule has 0 aromatic carbocycles. The zero-order valence-corrected chi connectivity index (χ0v) is 8.04. The molecule has 0 spiro atoms. The van der Waals surface area contributed by atoms with Gasteiger partial charge in [-0.1, -0.05) is 0 Å². The van der Waals surface area contributed by atoms with Crippen LogP contribution in [0.3, 0.4) is 0 Å². The maximum Gasteiger partial charge on any atom is 0.305 e. The Morgan fingerprint density at radius 1 is 1.47 bits per heavy atom. The van der Waals surface area contributed by atoms with Crippen molar-refractivity contribution in [2.45, 2.75) is 37.7 Å². The normalized spacial score (nSPS) is 41.3. The Morgan fingerprint density at radius 3 is 2.53 bits per heavy atom. The van der Waals surface area contributed by atoms with Crippen molar-refractivity contribution in [1.29, 1.82) is 0 Å². The minimum absolute atomic E-state index is 0.633. The van der Waals surface area contributed by atoms with E-state index in [0.717, 1.165) is 6.92 Å². The molecule has 7 heteroatoms. The lowest BCUT2D eigenvalue weighted by Crippen LogP contribution is -2.57. The van der Waals surface area contributed by atoms with Gasteiger partial charge in [0.15, 0.2) is 12.3 Å². The SMILES string of the molecule is CC(=O)O[C@H]1O[C@H](CO)[C@@H](O)[C@@H](F)[C@H]1O. The summed E-state index contributed by atoms with van der Waals surface area (Å²) in [4.78, 5) is 10.6. The fraction of sp³-hybridized carbons (Fsp3) is 0.875. The van der Waals surface area contributed by atoms with Gasteiger partial charge in [0.25, 0.3) is 0 Å². The van der Waals surface area contributed by atoms with E-state index in [1.807, 2.05) is 0 Å². The zero-order valence-electron chi connectivity index (χ0n) is 8.04. The topological polar surface area (TPSA) is 96.2 Å². The van der Waals surface area contributed by atoms with Crippen LogP contribution in [0, 0.1) is 0 Å². The van der Waals surface area contributed by atoms with Gasteiger partial charge in [-0.25, -0.2) is 4.39 Å². The summed E-state index contributed by atoms with van der Waals surface area (Å²) in [6, 6.07) is 0. The number of aliphatic hydroxyl groups is 3. The summed E-state index contributed by atoms with van der Waals surface area (Å²) in [6.07, 6.45) is -8.14. The first-order valence-corrected chi connectivity index (χ1v) is 4.41. The number of aliphatic hydroxyl groups excluding tert-OH is 3. The zero-order chi connectivity index (χ0) is 11.6. The molecule has 1 heterocycles. The Labute approximate surface area is 85.2 Å². The van der Waals surface area contributed by atoms with E-state index in [0.29, 0.717) is 0 Å². The summed E-state index contributed by atoms with van der Waals surface area (Å²) in [7, 11) is 0. The van der Waals surface area contributed by atoms with Gasteiger partial charge >= 0.3 is 5.97 Å². The number of ether oxygens (including phenoxy) is 2. The average Bonchev–Trinajstić information content (AvgIpc) is 2.18. The van der Waals surface area contributed by atoms with Gasteiger partial charge in [0, 0.05) is 6.92 Å². The number of hydrogen-bond donors (Lipinski definition) is 3. The Hall–Kier alpha value is -0.760. The summed E-state index contributed by atoms with van der Waals surface area (Å²) >= 11 is 0. The summed E-state index contributed by atoms with van der Waals surface area (Å²) in [5.41, 5.74) is 0. The number of alkyl halides is 1. The highest BCUT2D eigenvalue weighted by Gasteiger charge is 2.46. The largest absolute Gasteiger partial charge is 0.433 e. The van der Waals surface area contributed by atoms with Crippen molar-refractivity contribution in [3.05, 3.63) is 0 Å². The minimum Gasteiger partial charge on any atom is -0.433 e. The fourth-order valence-electron chi connectivity index (χ4n) is 1.30. The standard InChI is InChI=1S/C8H13FO6/c1-3(11)14-8-7(13)5(9)6(12)4(2-10)15-8/h4-8,10,12-13H,2H2,1H3/t4-,5-,6-,7-,8+/m1/s1. The van der Waals surface area contributed by atoms with Crippen molar-refractivity contribution in [3.63, 3.8) is 0 Å². The van der Waals surface area contributed by atoms with Crippen molar-refractivity contribution >= 4 is 5.97 Å². The first-order valence-electron chi connectivity index (χ1n) is 4.41. The second-order valence-electron chi connectivity index (χ2n) is 3.26. The molecule has 1 saturated heterocycles. The molecule has 0 unspecified atom stereocenters. The van der Waals surface area contributed by atoms with Crippen LogP contribution in [0.1, 0.15) is 6.92 Å². The highest BCUT2D eigenvalue weighted by atomic mass is 19.1. The Morgan fingerprint density at radius 2 is 2.07 bits per heavy atom. The molecule has 0 aromatic heterocycles. The van der Waals surface area contributed by atoms with Crippen molar-refractivity contribution in [3.8, 4) is 0 Å². The lowest BCUT2D eigenvalue weighted by molar-refractivity contribution is -0.281. The lowest BCUT2D eigenvalue weighted by atomic mass is 10.0. The van der Waals surface area contributed by atoms with E-state index in [2.05, 4.69) is 4.74 Å². The van der Waals surface area contributed by atoms with Gasteiger partial charge in [0.2, 0.25) is 6.29 Å². The predicted octanol–water partition coefficient (Wildman–Crippen LogP) is -1.67. The van der Waals surface area contributed by atoms with Crippen LogP contribution in [0.4, 0.5) is 4.39 Å². The number of hydrogen-bond acceptors (Lipinski definition) is 6. The second kappa shape index (κ2) is 4.84. The van der Waals surface area contributed by atoms with Crippen LogP contribution in [-0.4, -0.2) is 58.7 Å². The van der Waals surface area contributed by atoms with Gasteiger partial charge in [0.1, 0.15) is 12.2 Å². The average molecular weight is 224 g/mol. The maximum atomic E-state index is 13.2. The fourth-order valence-corrected chi connectivity index (χ4v) is 1.30. The molecule has 5 atom stereocenters. The van der Waals surface area contributed by atoms with Gasteiger partial charge in [0.05, 0.1) is 6.61 Å². The Kier molecular flexibility index (Phi) is 3.97. The molecular formula is C8H13FO6. The molecular weight excluding hydrogens is 211 g/mol. The molecule has 1 aliphatic rings. The van der Waals surface area contributed by atoms with E-state index >= 15 is 0 Å². The van der Waals surface area contributed by atoms with Gasteiger partial charge in [-0.3, -0.25) is 4.79 Å². The van der Waals surface area contributed by atoms with Crippen molar-refractivity contribution < 1.29 is 34.0 Å². The summed E-state index contributed by atoms with van der Waals surface area (Å²) in [6.45, 7) is 0.439. The molecule has 0 bridgehead atoms. The molecule has 0 saturated carbocycles. The van der Waals surface area contributed by atoms with E-state index in [4.69, 9.17) is 9.84 Å². The quantitative estimate of drug-likeness (QED) is 0.485.